The molecule has 3 rings (SSSR count). The van der Waals surface area contributed by atoms with E-state index in [1.165, 1.54) is 11.6 Å². The Kier molecular flexibility index (Phi) is 7.06. The number of ketones is 1. The van der Waals surface area contributed by atoms with Gasteiger partial charge in [0.05, 0.1) is 25.6 Å². The number of benzene rings is 1. The van der Waals surface area contributed by atoms with Gasteiger partial charge < -0.3 is 10.5 Å². The van der Waals surface area contributed by atoms with Gasteiger partial charge in [0.15, 0.2) is 5.78 Å². The van der Waals surface area contributed by atoms with E-state index >= 15 is 0 Å². The Labute approximate surface area is 180 Å². The van der Waals surface area contributed by atoms with Crippen molar-refractivity contribution in [3.63, 3.8) is 0 Å². The molecule has 1 aliphatic heterocycles. The minimum atomic E-state index is -0.696. The first-order chi connectivity index (χ1) is 14.8. The van der Waals surface area contributed by atoms with Gasteiger partial charge in [-0.3, -0.25) is 28.4 Å². The summed E-state index contributed by atoms with van der Waals surface area (Å²) in [5.74, 6) is -0.936. The van der Waals surface area contributed by atoms with E-state index in [2.05, 4.69) is 0 Å². The zero-order valence-electron chi connectivity index (χ0n) is 17.9. The Hall–Kier alpha value is -3.20. The predicted octanol–water partition coefficient (Wildman–Crippen LogP) is 0.635. The van der Waals surface area contributed by atoms with E-state index in [0.29, 0.717) is 32.5 Å². The molecule has 1 saturated heterocycles. The van der Waals surface area contributed by atoms with Crippen LogP contribution in [0.3, 0.4) is 0 Å². The summed E-state index contributed by atoms with van der Waals surface area (Å²) in [7, 11) is 1.34. The first-order valence-electron chi connectivity index (χ1n) is 10.4. The molecule has 1 aromatic carbocycles. The Morgan fingerprint density at radius 3 is 2.39 bits per heavy atom. The van der Waals surface area contributed by atoms with Crippen LogP contribution in [-0.2, 0) is 23.1 Å². The maximum Gasteiger partial charge on any atom is 0.332 e. The number of rotatable bonds is 7. The average molecular weight is 428 g/mol. The molecule has 0 radical (unpaired) electrons. The number of likely N-dealkylation sites (tertiary alicyclic amines) is 1. The van der Waals surface area contributed by atoms with Gasteiger partial charge in [-0.15, -0.1) is 0 Å². The second-order valence-electron chi connectivity index (χ2n) is 7.70. The van der Waals surface area contributed by atoms with Crippen LogP contribution < -0.4 is 17.0 Å². The number of nitrogens with zero attached hydrogens (tertiary/aromatic N) is 3. The number of piperidine rings is 1. The lowest BCUT2D eigenvalue weighted by Crippen LogP contribution is -2.45. The van der Waals surface area contributed by atoms with Gasteiger partial charge >= 0.3 is 11.7 Å². The third kappa shape index (κ3) is 4.93. The summed E-state index contributed by atoms with van der Waals surface area (Å²) < 4.78 is 7.23. The minimum Gasteiger partial charge on any atom is -0.466 e. The second-order valence-corrected chi connectivity index (χ2v) is 7.70. The lowest BCUT2D eigenvalue weighted by Gasteiger charge is -2.30. The summed E-state index contributed by atoms with van der Waals surface area (Å²) in [6.07, 6.45) is 1.18. The van der Waals surface area contributed by atoms with Crippen LogP contribution >= 0.6 is 0 Å². The lowest BCUT2D eigenvalue weighted by atomic mass is 9.96. The highest BCUT2D eigenvalue weighted by Crippen LogP contribution is 2.19. The average Bonchev–Trinajstić information content (AvgIpc) is 2.77. The zero-order chi connectivity index (χ0) is 22.5. The third-order valence-corrected chi connectivity index (χ3v) is 5.62. The second kappa shape index (κ2) is 9.74. The van der Waals surface area contributed by atoms with Crippen molar-refractivity contribution in [1.82, 2.24) is 14.0 Å². The van der Waals surface area contributed by atoms with Crippen molar-refractivity contribution >= 4 is 17.6 Å². The maximum atomic E-state index is 13.0. The quantitative estimate of drug-likeness (QED) is 0.508. The number of Topliss-reactive ketones (excluding diaryl/α,β-unsaturated/α-hetero) is 1. The highest BCUT2D eigenvalue weighted by molar-refractivity contribution is 6.01. The summed E-state index contributed by atoms with van der Waals surface area (Å²) in [4.78, 5) is 52.1. The highest BCUT2D eigenvalue weighted by atomic mass is 16.5. The van der Waals surface area contributed by atoms with Crippen molar-refractivity contribution in [2.45, 2.75) is 26.3 Å². The number of carbonyl (C=O) groups is 2. The van der Waals surface area contributed by atoms with Crippen molar-refractivity contribution in [2.75, 3.05) is 32.0 Å². The van der Waals surface area contributed by atoms with E-state index in [-0.39, 0.29) is 36.4 Å². The first-order valence-corrected chi connectivity index (χ1v) is 10.4. The number of anilines is 1. The first kappa shape index (κ1) is 22.5. The lowest BCUT2D eigenvalue weighted by molar-refractivity contribution is -0.149. The van der Waals surface area contributed by atoms with Gasteiger partial charge in [-0.2, -0.15) is 0 Å². The molecule has 0 aliphatic carbocycles. The zero-order valence-corrected chi connectivity index (χ0v) is 17.9. The van der Waals surface area contributed by atoms with Crippen molar-refractivity contribution in [3.05, 3.63) is 62.3 Å². The SMILES string of the molecule is CCOC(=O)C1CCN(CC(=O)c2c(N)n(Cc3ccccc3)c(=O)n(C)c2=O)CC1. The van der Waals surface area contributed by atoms with Crippen molar-refractivity contribution in [3.8, 4) is 0 Å². The van der Waals surface area contributed by atoms with Crippen LogP contribution in [0, 0.1) is 5.92 Å². The van der Waals surface area contributed by atoms with Crippen molar-refractivity contribution in [2.24, 2.45) is 13.0 Å². The number of nitrogen functional groups attached to an aromatic ring is 1. The maximum absolute atomic E-state index is 13.0. The molecule has 9 nitrogen and oxygen atoms in total. The van der Waals surface area contributed by atoms with Crippen LogP contribution in [0.2, 0.25) is 0 Å². The number of carbonyl (C=O) groups excluding carboxylic acids is 2. The molecule has 0 atom stereocenters. The van der Waals surface area contributed by atoms with Gasteiger partial charge in [-0.25, -0.2) is 4.79 Å². The molecule has 0 unspecified atom stereocenters. The number of hydrogen-bond donors (Lipinski definition) is 1. The van der Waals surface area contributed by atoms with Crippen molar-refractivity contribution < 1.29 is 14.3 Å². The van der Waals surface area contributed by atoms with Gasteiger partial charge in [0, 0.05) is 7.05 Å². The van der Waals surface area contributed by atoms with Gasteiger partial charge in [0.2, 0.25) is 0 Å². The number of ether oxygens (including phenoxy) is 1. The molecule has 2 N–H and O–H groups in total. The molecular formula is C22H28N4O5. The summed E-state index contributed by atoms with van der Waals surface area (Å²) in [5, 5.41) is 0. The van der Waals surface area contributed by atoms with Gasteiger partial charge in [0.1, 0.15) is 11.4 Å². The van der Waals surface area contributed by atoms with Crippen LogP contribution in [0.25, 0.3) is 0 Å². The molecule has 2 heterocycles. The molecule has 1 fully saturated rings. The normalized spacial score (nSPS) is 15.0. The van der Waals surface area contributed by atoms with Crippen LogP contribution in [0.1, 0.15) is 35.7 Å². The van der Waals surface area contributed by atoms with E-state index in [4.69, 9.17) is 10.5 Å². The van der Waals surface area contributed by atoms with Crippen LogP contribution in [-0.4, -0.2) is 52.0 Å². The van der Waals surface area contributed by atoms with E-state index in [1.54, 1.807) is 6.92 Å². The van der Waals surface area contributed by atoms with Gasteiger partial charge in [0.25, 0.3) is 5.56 Å². The van der Waals surface area contributed by atoms with Crippen LogP contribution in [0.15, 0.2) is 39.9 Å². The molecule has 9 heteroatoms. The molecule has 0 bridgehead atoms. The molecule has 2 aromatic rings. The Morgan fingerprint density at radius 1 is 1.13 bits per heavy atom. The van der Waals surface area contributed by atoms with Crippen molar-refractivity contribution in [1.29, 1.82) is 0 Å². The smallest absolute Gasteiger partial charge is 0.332 e. The molecule has 0 saturated carbocycles. The number of esters is 1. The minimum absolute atomic E-state index is 0.00146. The Balaban J connectivity index is 1.79. The van der Waals surface area contributed by atoms with E-state index in [9.17, 15) is 19.2 Å². The topological polar surface area (TPSA) is 117 Å². The summed E-state index contributed by atoms with van der Waals surface area (Å²) in [5.41, 5.74) is 5.54. The highest BCUT2D eigenvalue weighted by Gasteiger charge is 2.29. The van der Waals surface area contributed by atoms with Crippen LogP contribution in [0.4, 0.5) is 5.82 Å². The monoisotopic (exact) mass is 428 g/mol. The summed E-state index contributed by atoms with van der Waals surface area (Å²) in [6.45, 7) is 3.36. The Morgan fingerprint density at radius 2 is 1.77 bits per heavy atom. The third-order valence-electron chi connectivity index (χ3n) is 5.62. The largest absolute Gasteiger partial charge is 0.466 e. The fourth-order valence-electron chi connectivity index (χ4n) is 3.83. The summed E-state index contributed by atoms with van der Waals surface area (Å²) >= 11 is 0. The molecule has 0 amide bonds. The molecule has 1 aromatic heterocycles. The molecule has 31 heavy (non-hydrogen) atoms. The fraction of sp³-hybridized carbons (Fsp3) is 0.455. The number of aromatic nitrogens is 2. The van der Waals surface area contributed by atoms with Gasteiger partial charge in [-0.1, -0.05) is 30.3 Å². The standard InChI is InChI=1S/C22H28N4O5/c1-3-31-21(29)16-9-11-25(12-10-16)14-17(27)18-19(23)26(22(30)24(2)20(18)28)13-15-7-5-4-6-8-15/h4-8,16H,3,9-14,23H2,1-2H3. The van der Waals surface area contributed by atoms with E-state index < -0.39 is 17.0 Å². The number of hydrogen-bond acceptors (Lipinski definition) is 7. The van der Waals surface area contributed by atoms with E-state index in [0.717, 1.165) is 10.1 Å². The fourth-order valence-corrected chi connectivity index (χ4v) is 3.83. The molecule has 166 valence electrons. The predicted molar refractivity (Wildman–Crippen MR) is 116 cm³/mol. The van der Waals surface area contributed by atoms with Crippen LogP contribution in [0.5, 0.6) is 0 Å². The molecule has 1 aliphatic rings. The summed E-state index contributed by atoms with van der Waals surface area (Å²) in [6, 6.07) is 9.21. The number of nitrogens with two attached hydrogens (primary N) is 1. The van der Waals surface area contributed by atoms with Gasteiger partial charge in [-0.05, 0) is 38.4 Å². The van der Waals surface area contributed by atoms with E-state index in [1.807, 2.05) is 35.2 Å². The Bertz CT molecular complexity index is 1070. The molecular weight excluding hydrogens is 400 g/mol. The molecule has 0 spiro atoms.